The van der Waals surface area contributed by atoms with Crippen LogP contribution in [0.4, 0.5) is 0 Å². The maximum absolute atomic E-state index is 5.72. The molecule has 3 heteroatoms. The Morgan fingerprint density at radius 3 is 2.50 bits per heavy atom. The van der Waals surface area contributed by atoms with Crippen molar-refractivity contribution in [2.75, 3.05) is 26.7 Å². The van der Waals surface area contributed by atoms with E-state index in [-0.39, 0.29) is 0 Å². The molecule has 16 heavy (non-hydrogen) atoms. The quantitative estimate of drug-likeness (QED) is 0.785. The Balaban J connectivity index is 1.95. The van der Waals surface area contributed by atoms with Gasteiger partial charge in [0.25, 0.3) is 0 Å². The number of hydrogen-bond acceptors (Lipinski definition) is 3. The molecule has 1 saturated heterocycles. The third-order valence-corrected chi connectivity index (χ3v) is 4.56. The Hall–Kier alpha value is -0.120. The first kappa shape index (κ1) is 12.3. The molecule has 1 saturated carbocycles. The zero-order chi connectivity index (χ0) is 11.5. The van der Waals surface area contributed by atoms with Crippen molar-refractivity contribution >= 4 is 0 Å². The van der Waals surface area contributed by atoms with Crippen molar-refractivity contribution < 1.29 is 0 Å². The lowest BCUT2D eigenvalue weighted by molar-refractivity contribution is 0.0254. The topological polar surface area (TPSA) is 32.5 Å². The van der Waals surface area contributed by atoms with Crippen LogP contribution in [-0.4, -0.2) is 54.6 Å². The lowest BCUT2D eigenvalue weighted by atomic mass is 10.0. The molecule has 1 heterocycles. The summed E-state index contributed by atoms with van der Waals surface area (Å²) >= 11 is 0. The van der Waals surface area contributed by atoms with Gasteiger partial charge in [0.1, 0.15) is 0 Å². The van der Waals surface area contributed by atoms with Crippen LogP contribution in [0.15, 0.2) is 0 Å². The average Bonchev–Trinajstić information content (AvgIpc) is 2.78. The Morgan fingerprint density at radius 1 is 1.19 bits per heavy atom. The number of nitrogens with zero attached hydrogens (tertiary/aromatic N) is 2. The van der Waals surface area contributed by atoms with Crippen molar-refractivity contribution in [3.63, 3.8) is 0 Å². The zero-order valence-electron chi connectivity index (χ0n) is 10.9. The minimum absolute atomic E-state index is 0.675. The summed E-state index contributed by atoms with van der Waals surface area (Å²) in [5.41, 5.74) is 5.72. The fraction of sp³-hybridized carbons (Fsp3) is 1.00. The fourth-order valence-electron chi connectivity index (χ4n) is 3.36. The SMILES string of the molecule is CC1CN(C2CCCC2)CC(CCN)N1C. The molecular formula is C13H27N3. The second-order valence-electron chi connectivity index (χ2n) is 5.64. The van der Waals surface area contributed by atoms with Crippen molar-refractivity contribution in [1.29, 1.82) is 0 Å². The van der Waals surface area contributed by atoms with Gasteiger partial charge in [0.2, 0.25) is 0 Å². The van der Waals surface area contributed by atoms with Crippen LogP contribution in [-0.2, 0) is 0 Å². The minimum atomic E-state index is 0.675. The molecule has 0 aromatic heterocycles. The van der Waals surface area contributed by atoms with Gasteiger partial charge in [-0.05, 0) is 39.8 Å². The molecule has 1 aliphatic heterocycles. The largest absolute Gasteiger partial charge is 0.330 e. The smallest absolute Gasteiger partial charge is 0.0235 e. The molecule has 0 aromatic carbocycles. The lowest BCUT2D eigenvalue weighted by Gasteiger charge is -2.46. The lowest BCUT2D eigenvalue weighted by Crippen LogP contribution is -2.58. The molecule has 0 amide bonds. The Morgan fingerprint density at radius 2 is 1.88 bits per heavy atom. The van der Waals surface area contributed by atoms with E-state index in [0.717, 1.165) is 19.0 Å². The highest BCUT2D eigenvalue weighted by atomic mass is 15.3. The van der Waals surface area contributed by atoms with Crippen LogP contribution in [0, 0.1) is 0 Å². The maximum atomic E-state index is 5.72. The average molecular weight is 225 g/mol. The Kier molecular flexibility index (Phi) is 4.22. The predicted octanol–water partition coefficient (Wildman–Crippen LogP) is 1.28. The van der Waals surface area contributed by atoms with E-state index in [9.17, 15) is 0 Å². The molecule has 2 atom stereocenters. The van der Waals surface area contributed by atoms with Crippen LogP contribution in [0.1, 0.15) is 39.0 Å². The van der Waals surface area contributed by atoms with E-state index in [0.29, 0.717) is 12.1 Å². The molecule has 2 rings (SSSR count). The van der Waals surface area contributed by atoms with Crippen molar-refractivity contribution in [3.05, 3.63) is 0 Å². The Labute approximate surface area is 100.0 Å². The van der Waals surface area contributed by atoms with E-state index < -0.39 is 0 Å². The molecule has 0 spiro atoms. The summed E-state index contributed by atoms with van der Waals surface area (Å²) in [7, 11) is 2.26. The zero-order valence-corrected chi connectivity index (χ0v) is 10.9. The van der Waals surface area contributed by atoms with Crippen LogP contribution in [0.2, 0.25) is 0 Å². The summed E-state index contributed by atoms with van der Waals surface area (Å²) in [6.07, 6.45) is 6.86. The Bertz CT molecular complexity index is 213. The summed E-state index contributed by atoms with van der Waals surface area (Å²) in [4.78, 5) is 5.26. The summed E-state index contributed by atoms with van der Waals surface area (Å²) in [6.45, 7) is 5.66. The molecule has 2 N–H and O–H groups in total. The van der Waals surface area contributed by atoms with Gasteiger partial charge in [-0.2, -0.15) is 0 Å². The molecule has 2 fully saturated rings. The van der Waals surface area contributed by atoms with E-state index in [2.05, 4.69) is 23.8 Å². The van der Waals surface area contributed by atoms with Crippen molar-refractivity contribution in [2.24, 2.45) is 5.73 Å². The van der Waals surface area contributed by atoms with E-state index in [1.54, 1.807) is 0 Å². The second-order valence-corrected chi connectivity index (χ2v) is 5.64. The van der Waals surface area contributed by atoms with Gasteiger partial charge < -0.3 is 5.73 Å². The van der Waals surface area contributed by atoms with Crippen LogP contribution >= 0.6 is 0 Å². The van der Waals surface area contributed by atoms with Gasteiger partial charge in [-0.1, -0.05) is 12.8 Å². The number of rotatable bonds is 3. The highest BCUT2D eigenvalue weighted by Gasteiger charge is 2.33. The van der Waals surface area contributed by atoms with Crippen molar-refractivity contribution in [1.82, 2.24) is 9.80 Å². The first-order valence-electron chi connectivity index (χ1n) is 6.88. The van der Waals surface area contributed by atoms with E-state index in [4.69, 9.17) is 5.73 Å². The highest BCUT2D eigenvalue weighted by Crippen LogP contribution is 2.27. The standard InChI is InChI=1S/C13H27N3/c1-11-9-16(12-5-3-4-6-12)10-13(7-8-14)15(11)2/h11-13H,3-10,14H2,1-2H3. The summed E-state index contributed by atoms with van der Waals surface area (Å²) in [6, 6.07) is 2.23. The van der Waals surface area contributed by atoms with Gasteiger partial charge in [0.05, 0.1) is 0 Å². The van der Waals surface area contributed by atoms with Crippen LogP contribution in [0.5, 0.6) is 0 Å². The van der Waals surface area contributed by atoms with Gasteiger partial charge in [0, 0.05) is 31.2 Å². The van der Waals surface area contributed by atoms with E-state index in [1.807, 2.05) is 0 Å². The number of likely N-dealkylation sites (N-methyl/N-ethyl adjacent to an activating group) is 1. The fourth-order valence-corrected chi connectivity index (χ4v) is 3.36. The van der Waals surface area contributed by atoms with Crippen molar-refractivity contribution in [2.45, 2.75) is 57.2 Å². The van der Waals surface area contributed by atoms with Gasteiger partial charge in [-0.25, -0.2) is 0 Å². The summed E-state index contributed by atoms with van der Waals surface area (Å²) < 4.78 is 0. The number of hydrogen-bond donors (Lipinski definition) is 1. The second kappa shape index (κ2) is 5.48. The molecule has 2 aliphatic rings. The first-order valence-corrected chi connectivity index (χ1v) is 6.88. The molecule has 0 radical (unpaired) electrons. The molecule has 2 unspecified atom stereocenters. The van der Waals surface area contributed by atoms with E-state index >= 15 is 0 Å². The monoisotopic (exact) mass is 225 g/mol. The molecule has 1 aliphatic carbocycles. The third kappa shape index (κ3) is 2.58. The maximum Gasteiger partial charge on any atom is 0.0235 e. The number of nitrogens with two attached hydrogens (primary N) is 1. The molecule has 94 valence electrons. The van der Waals surface area contributed by atoms with Gasteiger partial charge in [0.15, 0.2) is 0 Å². The van der Waals surface area contributed by atoms with Gasteiger partial charge in [-0.3, -0.25) is 9.80 Å². The normalized spacial score (nSPS) is 34.7. The van der Waals surface area contributed by atoms with Crippen LogP contribution < -0.4 is 5.73 Å². The first-order chi connectivity index (χ1) is 7.72. The summed E-state index contributed by atoms with van der Waals surface area (Å²) in [5.74, 6) is 0. The van der Waals surface area contributed by atoms with Gasteiger partial charge >= 0.3 is 0 Å². The highest BCUT2D eigenvalue weighted by molar-refractivity contribution is 4.89. The van der Waals surface area contributed by atoms with Gasteiger partial charge in [-0.15, -0.1) is 0 Å². The number of piperazine rings is 1. The minimum Gasteiger partial charge on any atom is -0.330 e. The van der Waals surface area contributed by atoms with Crippen molar-refractivity contribution in [3.8, 4) is 0 Å². The molecule has 0 aromatic rings. The molecule has 3 nitrogen and oxygen atoms in total. The molecule has 0 bridgehead atoms. The third-order valence-electron chi connectivity index (χ3n) is 4.56. The van der Waals surface area contributed by atoms with Crippen LogP contribution in [0.25, 0.3) is 0 Å². The predicted molar refractivity (Wildman–Crippen MR) is 68.5 cm³/mol. The van der Waals surface area contributed by atoms with E-state index in [1.165, 1.54) is 38.8 Å². The van der Waals surface area contributed by atoms with Crippen LogP contribution in [0.3, 0.4) is 0 Å². The molecular weight excluding hydrogens is 198 g/mol. The summed E-state index contributed by atoms with van der Waals surface area (Å²) in [5, 5.41) is 0.